The third-order valence-electron chi connectivity index (χ3n) is 3.96. The van der Waals surface area contributed by atoms with Crippen LogP contribution in [0, 0.1) is 12.8 Å². The molecule has 3 nitrogen and oxygen atoms in total. The Morgan fingerprint density at radius 2 is 2.11 bits per heavy atom. The molecule has 1 aliphatic rings. The van der Waals surface area contributed by atoms with Crippen molar-refractivity contribution in [3.8, 4) is 0 Å². The molecule has 104 valence electrons. The van der Waals surface area contributed by atoms with Crippen molar-refractivity contribution >= 4 is 5.97 Å². The normalized spacial score (nSPS) is 22.1. The van der Waals surface area contributed by atoms with Crippen molar-refractivity contribution in [3.63, 3.8) is 0 Å². The van der Waals surface area contributed by atoms with Gasteiger partial charge in [-0.25, -0.2) is 0 Å². The van der Waals surface area contributed by atoms with Crippen molar-refractivity contribution in [2.45, 2.75) is 39.2 Å². The molecule has 0 saturated carbocycles. The van der Waals surface area contributed by atoms with Crippen LogP contribution in [0.25, 0.3) is 0 Å². The molecule has 3 heteroatoms. The van der Waals surface area contributed by atoms with Gasteiger partial charge >= 0.3 is 5.97 Å². The molecule has 0 radical (unpaired) electrons. The monoisotopic (exact) mass is 261 g/mol. The van der Waals surface area contributed by atoms with Crippen LogP contribution in [0.4, 0.5) is 0 Å². The maximum absolute atomic E-state index is 11.1. The van der Waals surface area contributed by atoms with Crippen LogP contribution in [0.15, 0.2) is 24.3 Å². The minimum absolute atomic E-state index is 0.0147. The van der Waals surface area contributed by atoms with Crippen LogP contribution in [-0.2, 0) is 4.79 Å². The zero-order chi connectivity index (χ0) is 13.8. The zero-order valence-electron chi connectivity index (χ0n) is 11.8. The van der Waals surface area contributed by atoms with Crippen LogP contribution in [0.1, 0.15) is 43.4 Å². The van der Waals surface area contributed by atoms with Gasteiger partial charge in [0.15, 0.2) is 0 Å². The van der Waals surface area contributed by atoms with Crippen LogP contribution in [0.5, 0.6) is 0 Å². The molecule has 1 saturated heterocycles. The van der Waals surface area contributed by atoms with Crippen LogP contribution in [0.3, 0.4) is 0 Å². The number of benzene rings is 1. The number of carboxylic acid groups (broad SMARTS) is 1. The second-order valence-electron chi connectivity index (χ2n) is 5.77. The summed E-state index contributed by atoms with van der Waals surface area (Å²) >= 11 is 0. The quantitative estimate of drug-likeness (QED) is 0.904. The second kappa shape index (κ2) is 6.20. The highest BCUT2D eigenvalue weighted by molar-refractivity contribution is 5.68. The van der Waals surface area contributed by atoms with Gasteiger partial charge in [0.25, 0.3) is 0 Å². The van der Waals surface area contributed by atoms with Crippen molar-refractivity contribution in [1.29, 1.82) is 0 Å². The predicted molar refractivity (Wildman–Crippen MR) is 76.1 cm³/mol. The van der Waals surface area contributed by atoms with Crippen LogP contribution >= 0.6 is 0 Å². The van der Waals surface area contributed by atoms with Crippen LogP contribution in [-0.4, -0.2) is 29.1 Å². The molecular weight excluding hydrogens is 238 g/mol. The first-order valence-electron chi connectivity index (χ1n) is 7.08. The molecule has 1 fully saturated rings. The number of aryl methyl sites for hydroxylation is 1. The molecular formula is C16H23NO2. The van der Waals surface area contributed by atoms with E-state index in [0.29, 0.717) is 5.92 Å². The summed E-state index contributed by atoms with van der Waals surface area (Å²) in [6.07, 6.45) is 2.61. The fourth-order valence-corrected chi connectivity index (χ4v) is 2.92. The molecule has 0 aromatic heterocycles. The molecule has 1 aromatic carbocycles. The Morgan fingerprint density at radius 3 is 2.68 bits per heavy atom. The molecule has 1 N–H and O–H groups in total. The first kappa shape index (κ1) is 14.1. The van der Waals surface area contributed by atoms with Crippen molar-refractivity contribution in [2.24, 2.45) is 5.92 Å². The van der Waals surface area contributed by atoms with E-state index < -0.39 is 5.97 Å². The third kappa shape index (κ3) is 3.80. The number of hydrogen-bond donors (Lipinski definition) is 1. The Hall–Kier alpha value is -1.35. The number of hydrogen-bond acceptors (Lipinski definition) is 2. The molecule has 0 bridgehead atoms. The van der Waals surface area contributed by atoms with E-state index in [2.05, 4.69) is 43.0 Å². The largest absolute Gasteiger partial charge is 0.481 e. The lowest BCUT2D eigenvalue weighted by atomic mass is 9.94. The van der Waals surface area contributed by atoms with Crippen LogP contribution in [0.2, 0.25) is 0 Å². The summed E-state index contributed by atoms with van der Waals surface area (Å²) < 4.78 is 0. The van der Waals surface area contributed by atoms with E-state index in [0.717, 1.165) is 18.7 Å². The fourth-order valence-electron chi connectivity index (χ4n) is 2.92. The van der Waals surface area contributed by atoms with E-state index in [4.69, 9.17) is 5.11 Å². The van der Waals surface area contributed by atoms with Gasteiger partial charge in [-0.1, -0.05) is 36.8 Å². The molecule has 1 aliphatic heterocycles. The van der Waals surface area contributed by atoms with Gasteiger partial charge in [0, 0.05) is 12.6 Å². The number of nitrogens with zero attached hydrogens (tertiary/aromatic N) is 1. The van der Waals surface area contributed by atoms with Crippen LogP contribution < -0.4 is 0 Å². The Kier molecular flexibility index (Phi) is 4.59. The maximum atomic E-state index is 11.1. The minimum atomic E-state index is -0.719. The van der Waals surface area contributed by atoms with E-state index in [-0.39, 0.29) is 12.5 Å². The Morgan fingerprint density at radius 1 is 1.42 bits per heavy atom. The molecule has 0 aliphatic carbocycles. The summed E-state index contributed by atoms with van der Waals surface area (Å²) in [5, 5.41) is 9.17. The predicted octanol–water partition coefficient (Wildman–Crippen LogP) is 3.24. The zero-order valence-corrected chi connectivity index (χ0v) is 11.8. The van der Waals surface area contributed by atoms with Gasteiger partial charge in [0.05, 0.1) is 6.42 Å². The van der Waals surface area contributed by atoms with E-state index >= 15 is 0 Å². The molecule has 2 rings (SSSR count). The summed E-state index contributed by atoms with van der Waals surface area (Å²) in [4.78, 5) is 13.5. The summed E-state index contributed by atoms with van der Waals surface area (Å²) in [5.41, 5.74) is 2.34. The average molecular weight is 261 g/mol. The van der Waals surface area contributed by atoms with E-state index in [1.54, 1.807) is 0 Å². The Bertz CT molecular complexity index is 427. The molecule has 19 heavy (non-hydrogen) atoms. The van der Waals surface area contributed by atoms with Crippen molar-refractivity contribution in [2.75, 3.05) is 13.1 Å². The van der Waals surface area contributed by atoms with Gasteiger partial charge in [0.1, 0.15) is 0 Å². The highest BCUT2D eigenvalue weighted by atomic mass is 16.4. The minimum Gasteiger partial charge on any atom is -0.481 e. The lowest BCUT2D eigenvalue weighted by Gasteiger charge is -2.37. The number of carbonyl (C=O) groups is 1. The number of carboxylic acids is 1. The number of aliphatic carboxylic acids is 1. The number of likely N-dealkylation sites (tertiary alicyclic amines) is 1. The van der Waals surface area contributed by atoms with Crippen molar-refractivity contribution in [3.05, 3.63) is 35.4 Å². The highest BCUT2D eigenvalue weighted by Crippen LogP contribution is 2.29. The summed E-state index contributed by atoms with van der Waals surface area (Å²) in [5.74, 6) is -0.0562. The lowest BCUT2D eigenvalue weighted by molar-refractivity contribution is -0.138. The summed E-state index contributed by atoms with van der Waals surface area (Å²) in [7, 11) is 0. The number of piperidine rings is 1. The van der Waals surface area contributed by atoms with Gasteiger partial charge in [0.2, 0.25) is 0 Å². The molecule has 2 unspecified atom stereocenters. The van der Waals surface area contributed by atoms with Gasteiger partial charge < -0.3 is 5.11 Å². The smallest absolute Gasteiger partial charge is 0.305 e. The summed E-state index contributed by atoms with van der Waals surface area (Å²) in [6.45, 7) is 6.32. The fraction of sp³-hybridized carbons (Fsp3) is 0.562. The SMILES string of the molecule is Cc1ccc(C(CC(=O)O)N2CCCC(C)C2)cc1. The van der Waals surface area contributed by atoms with Gasteiger partial charge in [-0.3, -0.25) is 9.69 Å². The Labute approximate surface area is 115 Å². The molecule has 2 atom stereocenters. The topological polar surface area (TPSA) is 40.5 Å². The molecule has 0 spiro atoms. The summed E-state index contributed by atoms with van der Waals surface area (Å²) in [6, 6.07) is 8.29. The van der Waals surface area contributed by atoms with E-state index in [9.17, 15) is 4.79 Å². The molecule has 0 amide bonds. The Balaban J connectivity index is 2.19. The van der Waals surface area contributed by atoms with Crippen molar-refractivity contribution < 1.29 is 9.90 Å². The van der Waals surface area contributed by atoms with Gasteiger partial charge in [-0.05, 0) is 37.8 Å². The second-order valence-corrected chi connectivity index (χ2v) is 5.77. The van der Waals surface area contributed by atoms with E-state index in [1.807, 2.05) is 0 Å². The third-order valence-corrected chi connectivity index (χ3v) is 3.96. The highest BCUT2D eigenvalue weighted by Gasteiger charge is 2.26. The first-order valence-corrected chi connectivity index (χ1v) is 7.08. The molecule has 1 aromatic rings. The van der Waals surface area contributed by atoms with E-state index in [1.165, 1.54) is 18.4 Å². The van der Waals surface area contributed by atoms with Gasteiger partial charge in [-0.15, -0.1) is 0 Å². The van der Waals surface area contributed by atoms with Crippen molar-refractivity contribution in [1.82, 2.24) is 4.90 Å². The standard InChI is InChI=1S/C16H23NO2/c1-12-5-7-14(8-6-12)15(10-16(18)19)17-9-3-4-13(2)11-17/h5-8,13,15H,3-4,9-11H2,1-2H3,(H,18,19). The maximum Gasteiger partial charge on any atom is 0.305 e. The first-order chi connectivity index (χ1) is 9.06. The molecule has 1 heterocycles. The average Bonchev–Trinajstić information content (AvgIpc) is 2.37. The van der Waals surface area contributed by atoms with Gasteiger partial charge in [-0.2, -0.15) is 0 Å². The lowest BCUT2D eigenvalue weighted by Crippen LogP contribution is -2.38. The number of rotatable bonds is 4.